The molecule has 0 aliphatic heterocycles. The van der Waals surface area contributed by atoms with Gasteiger partial charge >= 0.3 is 6.36 Å². The van der Waals surface area contributed by atoms with Crippen LogP contribution in [0.3, 0.4) is 0 Å². The van der Waals surface area contributed by atoms with Crippen LogP contribution in [0.2, 0.25) is 0 Å². The van der Waals surface area contributed by atoms with Crippen LogP contribution in [0.1, 0.15) is 5.56 Å². The van der Waals surface area contributed by atoms with E-state index in [0.29, 0.717) is 0 Å². The van der Waals surface area contributed by atoms with Crippen molar-refractivity contribution in [3.05, 3.63) is 19.9 Å². The summed E-state index contributed by atoms with van der Waals surface area (Å²) in [6.07, 6.45) is -4.82. The van der Waals surface area contributed by atoms with Gasteiger partial charge < -0.3 is 4.74 Å². The van der Waals surface area contributed by atoms with Crippen molar-refractivity contribution in [1.82, 2.24) is 4.98 Å². The summed E-state index contributed by atoms with van der Waals surface area (Å²) in [6.45, 7) is 0. The van der Waals surface area contributed by atoms with Gasteiger partial charge in [-0.3, -0.25) is 0 Å². The van der Waals surface area contributed by atoms with Gasteiger partial charge in [0.2, 0.25) is 0 Å². The number of nitriles is 1. The predicted molar refractivity (Wildman–Crippen MR) is 56.1 cm³/mol. The first-order valence-corrected chi connectivity index (χ1v) is 5.22. The Hall–Kier alpha value is -0.560. The van der Waals surface area contributed by atoms with Gasteiger partial charge in [-0.05, 0) is 38.5 Å². The zero-order valence-corrected chi connectivity index (χ0v) is 10.5. The third-order valence-electron chi connectivity index (χ3n) is 1.25. The number of hydrogen-bond donors (Lipinski definition) is 0. The molecule has 0 radical (unpaired) electrons. The molecule has 1 aromatic heterocycles. The quantitative estimate of drug-likeness (QED) is 0.544. The molecular formula is C7HBrF3IN2O. The van der Waals surface area contributed by atoms with E-state index in [1.54, 1.807) is 28.7 Å². The van der Waals surface area contributed by atoms with Gasteiger partial charge in [-0.25, -0.2) is 4.98 Å². The van der Waals surface area contributed by atoms with Crippen LogP contribution in [0.5, 0.6) is 5.75 Å². The zero-order chi connectivity index (χ0) is 11.6. The van der Waals surface area contributed by atoms with Crippen molar-refractivity contribution in [2.45, 2.75) is 6.36 Å². The van der Waals surface area contributed by atoms with Gasteiger partial charge in [-0.2, -0.15) is 5.26 Å². The summed E-state index contributed by atoms with van der Waals surface area (Å²) in [6, 6.07) is 2.62. The fourth-order valence-electron chi connectivity index (χ4n) is 0.770. The van der Waals surface area contributed by atoms with Crippen LogP contribution in [0.15, 0.2) is 10.7 Å². The lowest BCUT2D eigenvalue weighted by atomic mass is 10.3. The highest BCUT2D eigenvalue weighted by Crippen LogP contribution is 2.30. The second-order valence-electron chi connectivity index (χ2n) is 2.27. The standard InChI is InChI=1S/C7HBrF3IN2O/c8-6-3(2-13)4(1-5(12)14-6)15-7(9,10)11/h1H. The van der Waals surface area contributed by atoms with Crippen molar-refractivity contribution in [2.24, 2.45) is 0 Å². The SMILES string of the molecule is N#Cc1c(OC(F)(F)F)cc(I)nc1Br. The minimum Gasteiger partial charge on any atom is -0.404 e. The topological polar surface area (TPSA) is 45.9 Å². The van der Waals surface area contributed by atoms with E-state index in [1.807, 2.05) is 0 Å². The second-order valence-corrected chi connectivity index (χ2v) is 4.12. The summed E-state index contributed by atoms with van der Waals surface area (Å²) < 4.78 is 39.9. The van der Waals surface area contributed by atoms with Crippen molar-refractivity contribution in [2.75, 3.05) is 0 Å². The maximum absolute atomic E-state index is 12.0. The summed E-state index contributed by atoms with van der Waals surface area (Å²) in [5.41, 5.74) is -0.284. The third kappa shape index (κ3) is 3.49. The van der Waals surface area contributed by atoms with Gasteiger partial charge in [0, 0.05) is 6.07 Å². The molecule has 1 heterocycles. The van der Waals surface area contributed by atoms with E-state index in [4.69, 9.17) is 5.26 Å². The molecule has 0 atom stereocenters. The number of hydrogen-bond acceptors (Lipinski definition) is 3. The third-order valence-corrected chi connectivity index (χ3v) is 2.37. The fraction of sp³-hybridized carbons (Fsp3) is 0.143. The van der Waals surface area contributed by atoms with E-state index in [0.717, 1.165) is 6.07 Å². The molecule has 0 fully saturated rings. The molecular weight excluding hydrogens is 392 g/mol. The van der Waals surface area contributed by atoms with Crippen molar-refractivity contribution in [1.29, 1.82) is 5.26 Å². The van der Waals surface area contributed by atoms with E-state index >= 15 is 0 Å². The van der Waals surface area contributed by atoms with Crippen LogP contribution < -0.4 is 4.74 Å². The highest BCUT2D eigenvalue weighted by atomic mass is 127. The minimum absolute atomic E-state index is 0.0242. The predicted octanol–water partition coefficient (Wildman–Crippen LogP) is 3.22. The van der Waals surface area contributed by atoms with E-state index < -0.39 is 12.1 Å². The fourth-order valence-corrected chi connectivity index (χ4v) is 2.10. The van der Waals surface area contributed by atoms with Gasteiger partial charge in [0.15, 0.2) is 5.75 Å². The number of nitrogens with zero attached hydrogens (tertiary/aromatic N) is 2. The molecule has 0 unspecified atom stereocenters. The molecule has 0 amide bonds. The molecule has 0 saturated carbocycles. The summed E-state index contributed by atoms with van der Waals surface area (Å²) >= 11 is 4.60. The Morgan fingerprint density at radius 1 is 1.53 bits per heavy atom. The monoisotopic (exact) mass is 392 g/mol. The molecule has 80 valence electrons. The number of ether oxygens (including phenoxy) is 1. The molecule has 1 rings (SSSR count). The first-order valence-electron chi connectivity index (χ1n) is 3.35. The van der Waals surface area contributed by atoms with E-state index in [-0.39, 0.29) is 13.9 Å². The van der Waals surface area contributed by atoms with Crippen LogP contribution in [0, 0.1) is 15.0 Å². The summed E-state index contributed by atoms with van der Waals surface area (Å²) in [4.78, 5) is 3.77. The highest BCUT2D eigenvalue weighted by Gasteiger charge is 2.33. The molecule has 0 bridgehead atoms. The summed E-state index contributed by atoms with van der Waals surface area (Å²) in [5.74, 6) is -0.559. The Kier molecular flexibility index (Phi) is 3.77. The van der Waals surface area contributed by atoms with Crippen LogP contribution >= 0.6 is 38.5 Å². The lowest BCUT2D eigenvalue weighted by molar-refractivity contribution is -0.274. The molecule has 8 heteroatoms. The Morgan fingerprint density at radius 2 is 2.13 bits per heavy atom. The molecule has 0 aliphatic carbocycles. The molecule has 0 aliphatic rings. The van der Waals surface area contributed by atoms with Crippen molar-refractivity contribution in [3.63, 3.8) is 0 Å². The second kappa shape index (κ2) is 4.52. The largest absolute Gasteiger partial charge is 0.573 e. The molecule has 1 aromatic rings. The number of alkyl halides is 3. The number of aromatic nitrogens is 1. The molecule has 0 aromatic carbocycles. The van der Waals surface area contributed by atoms with E-state index in [1.165, 1.54) is 0 Å². The highest BCUT2D eigenvalue weighted by molar-refractivity contribution is 14.1. The van der Waals surface area contributed by atoms with Crippen molar-refractivity contribution in [3.8, 4) is 11.8 Å². The van der Waals surface area contributed by atoms with E-state index in [2.05, 4.69) is 25.7 Å². The molecule has 15 heavy (non-hydrogen) atoms. The normalized spacial score (nSPS) is 10.9. The van der Waals surface area contributed by atoms with Crippen molar-refractivity contribution < 1.29 is 17.9 Å². The van der Waals surface area contributed by atoms with Gasteiger partial charge in [0.25, 0.3) is 0 Å². The summed E-state index contributed by atoms with van der Waals surface area (Å²) in [7, 11) is 0. The Balaban J connectivity index is 3.23. The minimum atomic E-state index is -4.82. The Labute approximate surface area is 105 Å². The van der Waals surface area contributed by atoms with Gasteiger partial charge in [0.1, 0.15) is 19.9 Å². The number of pyridine rings is 1. The molecule has 0 N–H and O–H groups in total. The van der Waals surface area contributed by atoms with Gasteiger partial charge in [-0.15, -0.1) is 13.2 Å². The maximum atomic E-state index is 12.0. The van der Waals surface area contributed by atoms with Crippen LogP contribution in [0.25, 0.3) is 0 Å². The average molecular weight is 393 g/mol. The lowest BCUT2D eigenvalue weighted by Crippen LogP contribution is -2.18. The number of halogens is 5. The molecule has 0 spiro atoms. The van der Waals surface area contributed by atoms with E-state index in [9.17, 15) is 13.2 Å². The molecule has 0 saturated heterocycles. The maximum Gasteiger partial charge on any atom is 0.573 e. The zero-order valence-electron chi connectivity index (χ0n) is 6.77. The van der Waals surface area contributed by atoms with Gasteiger partial charge in [0.05, 0.1) is 0 Å². The van der Waals surface area contributed by atoms with Crippen LogP contribution in [-0.4, -0.2) is 11.3 Å². The van der Waals surface area contributed by atoms with Crippen LogP contribution in [-0.2, 0) is 0 Å². The van der Waals surface area contributed by atoms with Crippen LogP contribution in [0.4, 0.5) is 13.2 Å². The summed E-state index contributed by atoms with van der Waals surface area (Å²) in [5, 5.41) is 8.62. The Morgan fingerprint density at radius 3 is 2.60 bits per heavy atom. The average Bonchev–Trinajstić information content (AvgIpc) is 1.99. The smallest absolute Gasteiger partial charge is 0.404 e. The first-order chi connectivity index (χ1) is 6.83. The van der Waals surface area contributed by atoms with Gasteiger partial charge in [-0.1, -0.05) is 0 Å². The number of rotatable bonds is 1. The lowest BCUT2D eigenvalue weighted by Gasteiger charge is -2.10. The Bertz CT molecular complexity index is 429. The van der Waals surface area contributed by atoms with Crippen molar-refractivity contribution >= 4 is 38.5 Å². The molecule has 3 nitrogen and oxygen atoms in total. The first kappa shape index (κ1) is 12.5.